The minimum Gasteiger partial charge on any atom is -0.326 e. The van der Waals surface area contributed by atoms with Crippen LogP contribution in [0.4, 0.5) is 15.9 Å². The normalized spacial score (nSPS) is 11.2. The lowest BCUT2D eigenvalue weighted by Gasteiger charge is -2.08. The largest absolute Gasteiger partial charge is 0.326 e. The quantitative estimate of drug-likeness (QED) is 0.580. The minimum absolute atomic E-state index is 0.0113. The van der Waals surface area contributed by atoms with Crippen LogP contribution >= 0.6 is 15.9 Å². The van der Waals surface area contributed by atoms with Crippen molar-refractivity contribution in [3.05, 3.63) is 70.6 Å². The van der Waals surface area contributed by atoms with E-state index in [4.69, 9.17) is 0 Å². The maximum Gasteiger partial charge on any atom is 0.263 e. The molecule has 0 unspecified atom stereocenters. The van der Waals surface area contributed by atoms with Crippen molar-refractivity contribution in [3.8, 4) is 0 Å². The van der Waals surface area contributed by atoms with E-state index in [9.17, 15) is 17.6 Å². The standard InChI is InChI=1S/C18H16BrFN4O3S/c1-12(25)21-14-6-8-15(9-7-14)28(26,27)23-18-16(19)11-24(22-18)10-13-4-2-3-5-17(13)20/h2-9,11H,10H2,1H3,(H,21,25)(H,22,23). The molecule has 0 radical (unpaired) electrons. The number of nitrogens with zero attached hydrogens (tertiary/aromatic N) is 2. The van der Waals surface area contributed by atoms with Gasteiger partial charge in [0.05, 0.1) is 15.9 Å². The number of aromatic nitrogens is 2. The summed E-state index contributed by atoms with van der Waals surface area (Å²) < 4.78 is 43.2. The van der Waals surface area contributed by atoms with E-state index in [-0.39, 0.29) is 29.0 Å². The van der Waals surface area contributed by atoms with Crippen molar-refractivity contribution in [2.75, 3.05) is 10.0 Å². The number of rotatable bonds is 6. The van der Waals surface area contributed by atoms with Gasteiger partial charge in [0.15, 0.2) is 5.82 Å². The number of hydrogen-bond acceptors (Lipinski definition) is 4. The number of carbonyl (C=O) groups excluding carboxylic acids is 1. The molecule has 3 rings (SSSR count). The molecule has 28 heavy (non-hydrogen) atoms. The summed E-state index contributed by atoms with van der Waals surface area (Å²) in [6.07, 6.45) is 1.56. The Bertz CT molecular complexity index is 1110. The number of hydrogen-bond donors (Lipinski definition) is 2. The van der Waals surface area contributed by atoms with Crippen LogP contribution in [-0.4, -0.2) is 24.1 Å². The molecular formula is C18H16BrFN4O3S. The van der Waals surface area contributed by atoms with Crippen LogP contribution in [0.1, 0.15) is 12.5 Å². The molecule has 2 N–H and O–H groups in total. The second-order valence-corrected chi connectivity index (χ2v) is 8.46. The molecule has 0 spiro atoms. The SMILES string of the molecule is CC(=O)Nc1ccc(S(=O)(=O)Nc2nn(Cc3ccccc3F)cc2Br)cc1. The number of amides is 1. The van der Waals surface area contributed by atoms with Crippen LogP contribution in [0, 0.1) is 5.82 Å². The predicted molar refractivity (Wildman–Crippen MR) is 107 cm³/mol. The average Bonchev–Trinajstić information content (AvgIpc) is 2.95. The fourth-order valence-corrected chi connectivity index (χ4v) is 4.02. The van der Waals surface area contributed by atoms with E-state index in [1.807, 2.05) is 0 Å². The Morgan fingerprint density at radius 1 is 1.18 bits per heavy atom. The molecule has 0 aliphatic rings. The van der Waals surface area contributed by atoms with Gasteiger partial charge in [0, 0.05) is 24.4 Å². The topological polar surface area (TPSA) is 93.1 Å². The summed E-state index contributed by atoms with van der Waals surface area (Å²) in [6, 6.07) is 12.0. The van der Waals surface area contributed by atoms with Crippen LogP contribution in [0.5, 0.6) is 0 Å². The lowest BCUT2D eigenvalue weighted by Crippen LogP contribution is -2.14. The highest BCUT2D eigenvalue weighted by molar-refractivity contribution is 9.10. The van der Waals surface area contributed by atoms with E-state index >= 15 is 0 Å². The van der Waals surface area contributed by atoms with Crippen LogP contribution < -0.4 is 10.0 Å². The Hall–Kier alpha value is -2.72. The first-order chi connectivity index (χ1) is 13.2. The van der Waals surface area contributed by atoms with Crippen LogP contribution in [0.2, 0.25) is 0 Å². The third kappa shape index (κ3) is 4.76. The van der Waals surface area contributed by atoms with Crippen molar-refractivity contribution < 1.29 is 17.6 Å². The molecule has 0 atom stereocenters. The Balaban J connectivity index is 1.78. The van der Waals surface area contributed by atoms with Crippen LogP contribution in [-0.2, 0) is 21.4 Å². The van der Waals surface area contributed by atoms with Crippen molar-refractivity contribution in [3.63, 3.8) is 0 Å². The monoisotopic (exact) mass is 466 g/mol. The van der Waals surface area contributed by atoms with Gasteiger partial charge in [-0.15, -0.1) is 0 Å². The maximum atomic E-state index is 13.8. The van der Waals surface area contributed by atoms with E-state index < -0.39 is 10.0 Å². The van der Waals surface area contributed by atoms with Crippen molar-refractivity contribution in [2.24, 2.45) is 0 Å². The third-order valence-corrected chi connectivity index (χ3v) is 5.66. The van der Waals surface area contributed by atoms with Crippen molar-refractivity contribution in [1.29, 1.82) is 0 Å². The summed E-state index contributed by atoms with van der Waals surface area (Å²) in [5.41, 5.74) is 0.919. The van der Waals surface area contributed by atoms with E-state index in [0.717, 1.165) is 0 Å². The summed E-state index contributed by atoms with van der Waals surface area (Å²) in [4.78, 5) is 11.1. The molecule has 0 aliphatic heterocycles. The predicted octanol–water partition coefficient (Wildman–Crippen LogP) is 3.59. The maximum absolute atomic E-state index is 13.8. The molecule has 0 fully saturated rings. The molecule has 7 nitrogen and oxygen atoms in total. The zero-order chi connectivity index (χ0) is 20.3. The summed E-state index contributed by atoms with van der Waals surface area (Å²) in [5, 5.41) is 6.73. The molecule has 0 bridgehead atoms. The van der Waals surface area contributed by atoms with Gasteiger partial charge in [-0.05, 0) is 46.3 Å². The summed E-state index contributed by atoms with van der Waals surface area (Å²) in [7, 11) is -3.89. The molecular weight excluding hydrogens is 451 g/mol. The van der Waals surface area contributed by atoms with Gasteiger partial charge in [-0.2, -0.15) is 5.10 Å². The number of carbonyl (C=O) groups is 1. The number of nitrogens with one attached hydrogen (secondary N) is 2. The molecule has 2 aromatic carbocycles. The number of sulfonamides is 1. The van der Waals surface area contributed by atoms with Gasteiger partial charge in [0.2, 0.25) is 5.91 Å². The van der Waals surface area contributed by atoms with E-state index in [1.54, 1.807) is 24.4 Å². The van der Waals surface area contributed by atoms with Gasteiger partial charge in [0.1, 0.15) is 5.82 Å². The van der Waals surface area contributed by atoms with Crippen molar-refractivity contribution in [1.82, 2.24) is 9.78 Å². The first kappa shape index (κ1) is 20.0. The average molecular weight is 467 g/mol. The molecule has 146 valence electrons. The molecule has 1 amide bonds. The first-order valence-corrected chi connectivity index (χ1v) is 10.4. The number of benzene rings is 2. The van der Waals surface area contributed by atoms with Gasteiger partial charge >= 0.3 is 0 Å². The van der Waals surface area contributed by atoms with Crippen LogP contribution in [0.25, 0.3) is 0 Å². The molecule has 0 saturated heterocycles. The van der Waals surface area contributed by atoms with Crippen LogP contribution in [0.15, 0.2) is 64.1 Å². The highest BCUT2D eigenvalue weighted by Gasteiger charge is 2.18. The second kappa shape index (κ2) is 8.11. The fraction of sp³-hybridized carbons (Fsp3) is 0.111. The van der Waals surface area contributed by atoms with Crippen molar-refractivity contribution >= 4 is 43.4 Å². The molecule has 1 heterocycles. The molecule has 10 heteroatoms. The third-order valence-electron chi connectivity index (χ3n) is 3.72. The first-order valence-electron chi connectivity index (χ1n) is 8.11. The smallest absolute Gasteiger partial charge is 0.263 e. The van der Waals surface area contributed by atoms with Gasteiger partial charge < -0.3 is 5.32 Å². The Labute approximate surface area is 169 Å². The van der Waals surface area contributed by atoms with Crippen molar-refractivity contribution in [2.45, 2.75) is 18.4 Å². The van der Waals surface area contributed by atoms with Gasteiger partial charge in [-0.25, -0.2) is 12.8 Å². The molecule has 1 aromatic heterocycles. The highest BCUT2D eigenvalue weighted by Crippen LogP contribution is 2.24. The Kier molecular flexibility index (Phi) is 5.80. The number of anilines is 2. The van der Waals surface area contributed by atoms with E-state index in [1.165, 1.54) is 41.9 Å². The summed E-state index contributed by atoms with van der Waals surface area (Å²) in [6.45, 7) is 1.51. The number of halogens is 2. The lowest BCUT2D eigenvalue weighted by molar-refractivity contribution is -0.114. The van der Waals surface area contributed by atoms with Gasteiger partial charge in [-0.3, -0.25) is 14.2 Å². The van der Waals surface area contributed by atoms with Gasteiger partial charge in [-0.1, -0.05) is 18.2 Å². The minimum atomic E-state index is -3.89. The zero-order valence-corrected chi connectivity index (χ0v) is 17.1. The second-order valence-electron chi connectivity index (χ2n) is 5.93. The summed E-state index contributed by atoms with van der Waals surface area (Å²) in [5.74, 6) is -0.532. The lowest BCUT2D eigenvalue weighted by atomic mass is 10.2. The summed E-state index contributed by atoms with van der Waals surface area (Å²) >= 11 is 3.26. The molecule has 0 saturated carbocycles. The molecule has 3 aromatic rings. The zero-order valence-electron chi connectivity index (χ0n) is 14.7. The van der Waals surface area contributed by atoms with Crippen LogP contribution in [0.3, 0.4) is 0 Å². The van der Waals surface area contributed by atoms with Gasteiger partial charge in [0.25, 0.3) is 10.0 Å². The highest BCUT2D eigenvalue weighted by atomic mass is 79.9. The Morgan fingerprint density at radius 2 is 1.86 bits per heavy atom. The Morgan fingerprint density at radius 3 is 2.50 bits per heavy atom. The van der Waals surface area contributed by atoms with E-state index in [0.29, 0.717) is 15.7 Å². The fourth-order valence-electron chi connectivity index (χ4n) is 2.46. The molecule has 0 aliphatic carbocycles. The van der Waals surface area contributed by atoms with E-state index in [2.05, 4.69) is 31.1 Å².